The number of hydrogen-bond donors (Lipinski definition) is 4. The van der Waals surface area contributed by atoms with Gasteiger partial charge in [0.05, 0.1) is 0 Å². The predicted molar refractivity (Wildman–Crippen MR) is 114 cm³/mol. The molecule has 0 aromatic carbocycles. The van der Waals surface area contributed by atoms with Crippen molar-refractivity contribution in [3.63, 3.8) is 0 Å². The van der Waals surface area contributed by atoms with Gasteiger partial charge in [0.2, 0.25) is 0 Å². The number of rotatable bonds is 15. The summed E-state index contributed by atoms with van der Waals surface area (Å²) in [6.45, 7) is 11.4. The summed E-state index contributed by atoms with van der Waals surface area (Å²) in [5.74, 6) is 3.12. The van der Waals surface area contributed by atoms with Gasteiger partial charge in [-0.15, -0.1) is 0 Å². The first-order valence-corrected chi connectivity index (χ1v) is 11.7. The van der Waals surface area contributed by atoms with E-state index in [1.807, 2.05) is 0 Å². The highest BCUT2D eigenvalue weighted by atomic mass is 14.9. The van der Waals surface area contributed by atoms with Crippen LogP contribution in [0.1, 0.15) is 71.1 Å². The van der Waals surface area contributed by atoms with E-state index in [0.29, 0.717) is 0 Å². The van der Waals surface area contributed by atoms with E-state index in [-0.39, 0.29) is 0 Å². The van der Waals surface area contributed by atoms with Crippen LogP contribution in [0, 0.1) is 17.8 Å². The van der Waals surface area contributed by atoms with Crippen LogP contribution in [0.3, 0.4) is 0 Å². The Morgan fingerprint density at radius 1 is 0.615 bits per heavy atom. The van der Waals surface area contributed by atoms with Gasteiger partial charge in [-0.2, -0.15) is 0 Å². The molecule has 0 aromatic rings. The highest BCUT2D eigenvalue weighted by Crippen LogP contribution is 2.42. The van der Waals surface area contributed by atoms with Gasteiger partial charge in [-0.25, -0.2) is 0 Å². The van der Waals surface area contributed by atoms with Crippen LogP contribution >= 0.6 is 0 Å². The third kappa shape index (κ3) is 9.68. The van der Waals surface area contributed by atoms with Crippen molar-refractivity contribution in [2.45, 2.75) is 71.1 Å². The second-order valence-corrected chi connectivity index (χ2v) is 8.60. The molecule has 0 heterocycles. The number of nitrogens with one attached hydrogen (secondary N) is 4. The van der Waals surface area contributed by atoms with Crippen LogP contribution in [0.15, 0.2) is 0 Å². The number of fused-ring (bicyclic) bond motifs is 1. The van der Waals surface area contributed by atoms with Crippen molar-refractivity contribution in [3.8, 4) is 0 Å². The first kappa shape index (κ1) is 22.1. The molecule has 0 aromatic heterocycles. The first-order valence-electron chi connectivity index (χ1n) is 11.7. The average molecular weight is 367 g/mol. The molecule has 2 saturated carbocycles. The van der Waals surface area contributed by atoms with Gasteiger partial charge in [-0.05, 0) is 109 Å². The maximum atomic E-state index is 3.73. The van der Waals surface area contributed by atoms with Gasteiger partial charge in [-0.1, -0.05) is 32.6 Å². The van der Waals surface area contributed by atoms with E-state index in [1.54, 1.807) is 0 Å². The Hall–Kier alpha value is -0.160. The van der Waals surface area contributed by atoms with Crippen LogP contribution in [-0.4, -0.2) is 52.4 Å². The van der Waals surface area contributed by atoms with Crippen LogP contribution < -0.4 is 21.3 Å². The van der Waals surface area contributed by atoms with Gasteiger partial charge in [0.15, 0.2) is 0 Å². The van der Waals surface area contributed by atoms with Gasteiger partial charge in [-0.3, -0.25) is 0 Å². The van der Waals surface area contributed by atoms with Gasteiger partial charge >= 0.3 is 0 Å². The van der Waals surface area contributed by atoms with Crippen LogP contribution in [0.25, 0.3) is 0 Å². The van der Waals surface area contributed by atoms with Crippen LogP contribution in [0.5, 0.6) is 0 Å². The van der Waals surface area contributed by atoms with Crippen LogP contribution in [0.4, 0.5) is 0 Å². The summed E-state index contributed by atoms with van der Waals surface area (Å²) in [6.07, 6.45) is 14.3. The van der Waals surface area contributed by atoms with Gasteiger partial charge < -0.3 is 21.3 Å². The largest absolute Gasteiger partial charge is 0.317 e. The zero-order chi connectivity index (χ0) is 18.3. The maximum Gasteiger partial charge on any atom is -0.00204 e. The standard InChI is InChI=1S/C22H46N4/c1-2-23-12-5-13-24-14-6-15-25-16-7-17-26-19-20-10-11-21-8-3-4-9-22(21)18-20/h20-26H,2-19H2,1H3. The van der Waals surface area contributed by atoms with Crippen molar-refractivity contribution in [1.29, 1.82) is 0 Å². The van der Waals surface area contributed by atoms with Crippen LogP contribution in [0.2, 0.25) is 0 Å². The van der Waals surface area contributed by atoms with Gasteiger partial charge in [0, 0.05) is 0 Å². The van der Waals surface area contributed by atoms with Crippen molar-refractivity contribution in [3.05, 3.63) is 0 Å². The van der Waals surface area contributed by atoms with E-state index in [9.17, 15) is 0 Å². The van der Waals surface area contributed by atoms with Crippen molar-refractivity contribution in [2.24, 2.45) is 17.8 Å². The monoisotopic (exact) mass is 366 g/mol. The fourth-order valence-electron chi connectivity index (χ4n) is 4.90. The van der Waals surface area contributed by atoms with Crippen LogP contribution in [-0.2, 0) is 0 Å². The van der Waals surface area contributed by atoms with E-state index in [2.05, 4.69) is 28.2 Å². The Labute approximate surface area is 163 Å². The summed E-state index contributed by atoms with van der Waals surface area (Å²) in [6, 6.07) is 0. The molecule has 0 amide bonds. The molecule has 4 nitrogen and oxygen atoms in total. The molecular weight excluding hydrogens is 320 g/mol. The molecule has 2 fully saturated rings. The van der Waals surface area contributed by atoms with E-state index in [4.69, 9.17) is 0 Å². The van der Waals surface area contributed by atoms with Crippen molar-refractivity contribution in [1.82, 2.24) is 21.3 Å². The molecule has 0 saturated heterocycles. The summed E-state index contributed by atoms with van der Waals surface area (Å²) >= 11 is 0. The molecule has 154 valence electrons. The molecular formula is C22H46N4. The lowest BCUT2D eigenvalue weighted by atomic mass is 9.67. The molecule has 0 radical (unpaired) electrons. The smallest absolute Gasteiger partial charge is 0.00204 e. The molecule has 0 bridgehead atoms. The molecule has 4 N–H and O–H groups in total. The SMILES string of the molecule is CCNCCCNCCCNCCCNCC1CCC2CCCCC2C1. The second-order valence-electron chi connectivity index (χ2n) is 8.60. The summed E-state index contributed by atoms with van der Waals surface area (Å²) in [5.41, 5.74) is 0. The predicted octanol–water partition coefficient (Wildman–Crippen LogP) is 3.14. The maximum absolute atomic E-state index is 3.73. The third-order valence-electron chi connectivity index (χ3n) is 6.45. The zero-order valence-electron chi connectivity index (χ0n) is 17.5. The molecule has 4 heteroatoms. The minimum Gasteiger partial charge on any atom is -0.317 e. The highest BCUT2D eigenvalue weighted by molar-refractivity contribution is 4.83. The Kier molecular flexibility index (Phi) is 12.6. The van der Waals surface area contributed by atoms with Gasteiger partial charge in [0.25, 0.3) is 0 Å². The Bertz CT molecular complexity index is 323. The Morgan fingerprint density at radius 2 is 1.19 bits per heavy atom. The first-order chi connectivity index (χ1) is 12.9. The lowest BCUT2D eigenvalue weighted by molar-refractivity contribution is 0.129. The molecule has 2 aliphatic carbocycles. The van der Waals surface area contributed by atoms with E-state index in [0.717, 1.165) is 57.0 Å². The van der Waals surface area contributed by atoms with Gasteiger partial charge in [0.1, 0.15) is 0 Å². The highest BCUT2D eigenvalue weighted by Gasteiger charge is 2.31. The third-order valence-corrected chi connectivity index (χ3v) is 6.45. The molecule has 2 aliphatic rings. The lowest BCUT2D eigenvalue weighted by Crippen LogP contribution is -2.33. The molecule has 2 rings (SSSR count). The second kappa shape index (κ2) is 14.8. The summed E-state index contributed by atoms with van der Waals surface area (Å²) < 4.78 is 0. The fourth-order valence-corrected chi connectivity index (χ4v) is 4.90. The summed E-state index contributed by atoms with van der Waals surface area (Å²) in [5, 5.41) is 14.2. The van der Waals surface area contributed by atoms with Crippen molar-refractivity contribution in [2.75, 3.05) is 52.4 Å². The van der Waals surface area contributed by atoms with E-state index in [1.165, 1.54) is 77.3 Å². The Balaban J connectivity index is 1.30. The van der Waals surface area contributed by atoms with Crippen molar-refractivity contribution >= 4 is 0 Å². The number of hydrogen-bond acceptors (Lipinski definition) is 4. The molecule has 3 atom stereocenters. The molecule has 3 unspecified atom stereocenters. The zero-order valence-corrected chi connectivity index (χ0v) is 17.5. The normalized spacial score (nSPS) is 26.0. The minimum absolute atomic E-state index is 0.959. The molecule has 0 aliphatic heterocycles. The average Bonchev–Trinajstić information content (AvgIpc) is 2.68. The quantitative estimate of drug-likeness (QED) is 0.336. The fraction of sp³-hybridized carbons (Fsp3) is 1.00. The van der Waals surface area contributed by atoms with E-state index < -0.39 is 0 Å². The topological polar surface area (TPSA) is 48.1 Å². The van der Waals surface area contributed by atoms with E-state index >= 15 is 0 Å². The minimum atomic E-state index is 0.959. The molecule has 26 heavy (non-hydrogen) atoms. The van der Waals surface area contributed by atoms with Crippen molar-refractivity contribution < 1.29 is 0 Å². The summed E-state index contributed by atoms with van der Waals surface area (Å²) in [4.78, 5) is 0. The molecule has 0 spiro atoms. The Morgan fingerprint density at radius 3 is 1.85 bits per heavy atom. The lowest BCUT2D eigenvalue weighted by Gasteiger charge is -2.39. The summed E-state index contributed by atoms with van der Waals surface area (Å²) in [7, 11) is 0.